The lowest BCUT2D eigenvalue weighted by Crippen LogP contribution is -2.33. The summed E-state index contributed by atoms with van der Waals surface area (Å²) in [5.41, 5.74) is 0.767. The SMILES string of the molecule is O=P(O)(O)OC[C@H]1O[C@@H](n2cnc3c(NCc4c(O)cccc4O)ncnc32)[C@H](O)[C@@H]1O. The molecule has 0 saturated carbocycles. The Hall–Kier alpha value is -2.84. The van der Waals surface area contributed by atoms with Gasteiger partial charge < -0.3 is 40.3 Å². The van der Waals surface area contributed by atoms with E-state index in [0.717, 1.165) is 0 Å². The molecule has 0 radical (unpaired) electrons. The first-order valence-electron chi connectivity index (χ1n) is 9.28. The third-order valence-electron chi connectivity index (χ3n) is 4.94. The van der Waals surface area contributed by atoms with Gasteiger partial charge in [-0.25, -0.2) is 19.5 Å². The summed E-state index contributed by atoms with van der Waals surface area (Å²) in [6.45, 7) is -0.613. The van der Waals surface area contributed by atoms with Crippen molar-refractivity contribution in [3.63, 3.8) is 0 Å². The molecule has 1 aromatic carbocycles. The number of ether oxygens (including phenoxy) is 1. The Morgan fingerprint density at radius 1 is 1.12 bits per heavy atom. The second kappa shape index (κ2) is 8.60. The number of aliphatic hydroxyl groups excluding tert-OH is 2. The number of nitrogens with zero attached hydrogens (tertiary/aromatic N) is 4. The highest BCUT2D eigenvalue weighted by molar-refractivity contribution is 7.46. The van der Waals surface area contributed by atoms with E-state index in [1.807, 2.05) is 0 Å². The van der Waals surface area contributed by atoms with Crippen LogP contribution in [0.1, 0.15) is 11.8 Å². The van der Waals surface area contributed by atoms with Gasteiger partial charge >= 0.3 is 7.82 Å². The van der Waals surface area contributed by atoms with Gasteiger partial charge in [0.05, 0.1) is 18.5 Å². The van der Waals surface area contributed by atoms with Crippen molar-refractivity contribution in [3.8, 4) is 11.5 Å². The number of phosphoric ester groups is 1. The molecule has 4 rings (SSSR count). The van der Waals surface area contributed by atoms with Gasteiger partial charge in [-0.3, -0.25) is 9.09 Å². The molecule has 15 heteroatoms. The molecule has 0 aliphatic carbocycles. The maximum atomic E-state index is 10.9. The molecule has 32 heavy (non-hydrogen) atoms. The highest BCUT2D eigenvalue weighted by Crippen LogP contribution is 2.39. The van der Waals surface area contributed by atoms with Crippen LogP contribution < -0.4 is 5.32 Å². The summed E-state index contributed by atoms with van der Waals surface area (Å²) in [6, 6.07) is 4.35. The van der Waals surface area contributed by atoms with Crippen molar-refractivity contribution < 1.29 is 44.0 Å². The zero-order valence-corrected chi connectivity index (χ0v) is 17.1. The molecule has 0 bridgehead atoms. The van der Waals surface area contributed by atoms with Gasteiger partial charge in [0.2, 0.25) is 0 Å². The largest absolute Gasteiger partial charge is 0.507 e. The number of aromatic nitrogens is 4. The zero-order chi connectivity index (χ0) is 23.0. The van der Waals surface area contributed by atoms with Crippen LogP contribution in [0.5, 0.6) is 11.5 Å². The van der Waals surface area contributed by atoms with Gasteiger partial charge in [-0.05, 0) is 12.1 Å². The Morgan fingerprint density at radius 2 is 1.84 bits per heavy atom. The van der Waals surface area contributed by atoms with Crippen molar-refractivity contribution in [2.45, 2.75) is 31.1 Å². The number of hydrogen-bond donors (Lipinski definition) is 7. The maximum Gasteiger partial charge on any atom is 0.469 e. The van der Waals surface area contributed by atoms with Crippen LogP contribution in [-0.4, -0.2) is 74.7 Å². The molecule has 1 aliphatic rings. The van der Waals surface area contributed by atoms with E-state index in [0.29, 0.717) is 0 Å². The number of aromatic hydroxyl groups is 2. The van der Waals surface area contributed by atoms with Gasteiger partial charge in [-0.2, -0.15) is 0 Å². The standard InChI is InChI=1S/C17H20N5O9P/c23-9-2-1-3-10(24)8(9)4-18-15-12-16(20-6-19-15)22(7-21-12)17-14(26)13(25)11(31-17)5-30-32(27,28)29/h1-3,6-7,11,13-14,17,23-26H,4-5H2,(H,18,19,20)(H2,27,28,29)/t11-,13-,14-,17-/m1/s1. The normalized spacial score (nSPS) is 23.6. The van der Waals surface area contributed by atoms with Crippen molar-refractivity contribution in [1.82, 2.24) is 19.5 Å². The molecule has 0 amide bonds. The first-order valence-corrected chi connectivity index (χ1v) is 10.8. The minimum Gasteiger partial charge on any atom is -0.507 e. The number of phosphoric acid groups is 1. The number of rotatable bonds is 7. The summed E-state index contributed by atoms with van der Waals surface area (Å²) in [7, 11) is -4.79. The number of phenolic OH excluding ortho intramolecular Hbond substituents is 2. The number of nitrogens with one attached hydrogen (secondary N) is 1. The average Bonchev–Trinajstić information content (AvgIpc) is 3.27. The van der Waals surface area contributed by atoms with Crippen LogP contribution in [0.15, 0.2) is 30.9 Å². The van der Waals surface area contributed by atoms with Crippen LogP contribution >= 0.6 is 7.82 Å². The summed E-state index contributed by atoms with van der Waals surface area (Å²) in [4.78, 5) is 30.1. The van der Waals surface area contributed by atoms with E-state index in [9.17, 15) is 25.0 Å². The number of fused-ring (bicyclic) bond motifs is 1. The summed E-state index contributed by atoms with van der Waals surface area (Å²) >= 11 is 0. The van der Waals surface area contributed by atoms with Crippen LogP contribution in [0.25, 0.3) is 11.2 Å². The van der Waals surface area contributed by atoms with Crippen LogP contribution in [0.4, 0.5) is 5.82 Å². The molecule has 14 nitrogen and oxygen atoms in total. The summed E-state index contributed by atoms with van der Waals surface area (Å²) in [5.74, 6) is 0.0625. The number of hydrogen-bond acceptors (Lipinski definition) is 11. The molecule has 7 N–H and O–H groups in total. The van der Waals surface area contributed by atoms with Gasteiger partial charge in [0.25, 0.3) is 0 Å². The third-order valence-corrected chi connectivity index (χ3v) is 5.42. The predicted octanol–water partition coefficient (Wildman–Crippen LogP) is -0.422. The lowest BCUT2D eigenvalue weighted by molar-refractivity contribution is -0.0504. The second-order valence-electron chi connectivity index (χ2n) is 7.01. The minimum absolute atomic E-state index is 0.0283. The first-order chi connectivity index (χ1) is 15.2. The molecule has 1 saturated heterocycles. The number of phenols is 2. The van der Waals surface area contributed by atoms with Crippen LogP contribution in [0, 0.1) is 0 Å². The Balaban J connectivity index is 1.56. The van der Waals surface area contributed by atoms with Crippen molar-refractivity contribution >= 4 is 24.8 Å². The molecular formula is C17H20N5O9P. The molecule has 4 atom stereocenters. The van der Waals surface area contributed by atoms with Crippen LogP contribution in [0.3, 0.4) is 0 Å². The molecule has 1 fully saturated rings. The second-order valence-corrected chi connectivity index (χ2v) is 8.25. The Kier molecular flexibility index (Phi) is 6.01. The summed E-state index contributed by atoms with van der Waals surface area (Å²) in [5, 5.41) is 43.4. The molecule has 1 aliphatic heterocycles. The topological polar surface area (TPSA) is 213 Å². The van der Waals surface area contributed by atoms with Crippen molar-refractivity contribution in [3.05, 3.63) is 36.4 Å². The fourth-order valence-corrected chi connectivity index (χ4v) is 3.69. The smallest absolute Gasteiger partial charge is 0.469 e. The number of anilines is 1. The third kappa shape index (κ3) is 4.38. The lowest BCUT2D eigenvalue weighted by atomic mass is 10.1. The van der Waals surface area contributed by atoms with E-state index in [1.54, 1.807) is 0 Å². The average molecular weight is 469 g/mol. The first kappa shape index (κ1) is 22.4. The Labute approximate surface area is 180 Å². The number of aliphatic hydroxyl groups is 2. The van der Waals surface area contributed by atoms with Gasteiger partial charge in [-0.15, -0.1) is 0 Å². The Bertz CT molecular complexity index is 1150. The lowest BCUT2D eigenvalue weighted by Gasteiger charge is -2.16. The van der Waals surface area contributed by atoms with Crippen LogP contribution in [0.2, 0.25) is 0 Å². The van der Waals surface area contributed by atoms with E-state index >= 15 is 0 Å². The summed E-state index contributed by atoms with van der Waals surface area (Å²) < 4.78 is 22.2. The fraction of sp³-hybridized carbons (Fsp3) is 0.353. The van der Waals surface area contributed by atoms with Crippen molar-refractivity contribution in [2.24, 2.45) is 0 Å². The van der Waals surface area contributed by atoms with Gasteiger partial charge in [0.1, 0.15) is 36.1 Å². The zero-order valence-electron chi connectivity index (χ0n) is 16.3. The highest BCUT2D eigenvalue weighted by Gasteiger charge is 2.45. The van der Waals surface area contributed by atoms with Gasteiger partial charge in [-0.1, -0.05) is 6.07 Å². The summed E-state index contributed by atoms with van der Waals surface area (Å²) in [6.07, 6.45) is -2.78. The van der Waals surface area contributed by atoms with E-state index < -0.39 is 39.0 Å². The molecule has 0 unspecified atom stereocenters. The predicted molar refractivity (Wildman–Crippen MR) is 106 cm³/mol. The van der Waals surface area contributed by atoms with E-state index in [1.165, 1.54) is 35.4 Å². The maximum absolute atomic E-state index is 10.9. The number of imidazole rings is 1. The molecular weight excluding hydrogens is 449 g/mol. The van der Waals surface area contributed by atoms with E-state index in [-0.39, 0.29) is 40.6 Å². The van der Waals surface area contributed by atoms with E-state index in [2.05, 4.69) is 24.8 Å². The molecule has 2 aromatic heterocycles. The highest BCUT2D eigenvalue weighted by atomic mass is 31.2. The van der Waals surface area contributed by atoms with E-state index in [4.69, 9.17) is 14.5 Å². The van der Waals surface area contributed by atoms with Crippen molar-refractivity contribution in [1.29, 1.82) is 0 Å². The quantitative estimate of drug-likeness (QED) is 0.219. The fourth-order valence-electron chi connectivity index (χ4n) is 3.35. The number of benzene rings is 1. The molecule has 0 spiro atoms. The van der Waals surface area contributed by atoms with Gasteiger partial charge in [0, 0.05) is 6.54 Å². The molecule has 3 heterocycles. The van der Waals surface area contributed by atoms with Crippen molar-refractivity contribution in [2.75, 3.05) is 11.9 Å². The Morgan fingerprint density at radius 3 is 2.53 bits per heavy atom. The molecule has 172 valence electrons. The molecule has 3 aromatic rings. The van der Waals surface area contributed by atoms with Gasteiger partial charge in [0.15, 0.2) is 23.2 Å². The van der Waals surface area contributed by atoms with Crippen LogP contribution in [-0.2, 0) is 20.4 Å². The minimum atomic E-state index is -4.79. The monoisotopic (exact) mass is 469 g/mol.